The lowest BCUT2D eigenvalue weighted by Crippen LogP contribution is -2.19. The molecule has 3 aromatic rings. The van der Waals surface area contributed by atoms with Crippen LogP contribution in [0.1, 0.15) is 48.7 Å². The first kappa shape index (κ1) is 25.2. The van der Waals surface area contributed by atoms with E-state index in [9.17, 15) is 20.4 Å². The number of aryl methyl sites for hydroxylation is 2. The van der Waals surface area contributed by atoms with Gasteiger partial charge in [-0.15, -0.1) is 0 Å². The molecule has 8 nitrogen and oxygen atoms in total. The Labute approximate surface area is 221 Å². The van der Waals surface area contributed by atoms with Gasteiger partial charge in [-0.3, -0.25) is 0 Å². The van der Waals surface area contributed by atoms with Crippen molar-refractivity contribution in [2.75, 3.05) is 18.5 Å². The smallest absolute Gasteiger partial charge is 0.138 e. The molecule has 0 atom stereocenters. The lowest BCUT2D eigenvalue weighted by molar-refractivity contribution is 0.367. The molecule has 0 saturated heterocycles. The lowest BCUT2D eigenvalue weighted by atomic mass is 9.81. The highest BCUT2D eigenvalue weighted by Crippen LogP contribution is 2.51. The van der Waals surface area contributed by atoms with Gasteiger partial charge in [0.1, 0.15) is 28.9 Å². The molecule has 2 aliphatic rings. The monoisotopic (exact) mass is 512 g/mol. The Morgan fingerprint density at radius 1 is 0.921 bits per heavy atom. The molecule has 0 radical (unpaired) electrons. The van der Waals surface area contributed by atoms with Gasteiger partial charge < -0.3 is 25.3 Å². The minimum atomic E-state index is -0.223. The Balaban J connectivity index is 1.53. The maximum absolute atomic E-state index is 11.2. The summed E-state index contributed by atoms with van der Waals surface area (Å²) in [6, 6.07) is 14.6. The lowest BCUT2D eigenvalue weighted by Gasteiger charge is -2.27. The fraction of sp³-hybridized carbons (Fsp3) is 0.267. The van der Waals surface area contributed by atoms with Gasteiger partial charge in [0.25, 0.3) is 0 Å². The van der Waals surface area contributed by atoms with Crippen LogP contribution in [0.15, 0.2) is 76.2 Å². The van der Waals surface area contributed by atoms with Crippen LogP contribution in [0.5, 0.6) is 11.5 Å². The predicted octanol–water partition coefficient (Wildman–Crippen LogP) is 6.00. The van der Waals surface area contributed by atoms with E-state index in [0.717, 1.165) is 36.3 Å². The van der Waals surface area contributed by atoms with E-state index in [1.807, 2.05) is 62.2 Å². The second-order valence-corrected chi connectivity index (χ2v) is 9.82. The van der Waals surface area contributed by atoms with E-state index >= 15 is 0 Å². The number of anilines is 1. The molecule has 0 fully saturated rings. The predicted molar refractivity (Wildman–Crippen MR) is 150 cm³/mol. The van der Waals surface area contributed by atoms with Crippen molar-refractivity contribution in [3.05, 3.63) is 93.7 Å². The molecule has 1 aliphatic carbocycles. The minimum absolute atomic E-state index is 0.00376. The number of aliphatic hydroxyl groups is 2. The number of aromatic nitrogens is 2. The summed E-state index contributed by atoms with van der Waals surface area (Å²) in [7, 11) is 1.89. The largest absolute Gasteiger partial charge is 0.507 e. The molecule has 0 spiro atoms. The number of aliphatic imine (C=N–C) groups is 1. The van der Waals surface area contributed by atoms with E-state index in [4.69, 9.17) is 4.99 Å². The summed E-state index contributed by atoms with van der Waals surface area (Å²) in [5, 5.41) is 48.6. The molecule has 2 heterocycles. The van der Waals surface area contributed by atoms with E-state index in [1.54, 1.807) is 4.68 Å². The zero-order valence-electron chi connectivity index (χ0n) is 22.0. The molecule has 2 aromatic carbocycles. The van der Waals surface area contributed by atoms with Gasteiger partial charge in [-0.05, 0) is 26.3 Å². The number of phenols is 2. The van der Waals surface area contributed by atoms with E-state index in [0.29, 0.717) is 29.2 Å². The maximum Gasteiger partial charge on any atom is 0.138 e. The van der Waals surface area contributed by atoms with Crippen molar-refractivity contribution in [2.24, 2.45) is 4.99 Å². The van der Waals surface area contributed by atoms with Crippen molar-refractivity contribution in [3.63, 3.8) is 0 Å². The molecular formula is C30H32N4O4. The zero-order valence-corrected chi connectivity index (χ0v) is 22.0. The summed E-state index contributed by atoms with van der Waals surface area (Å²) < 4.78 is 1.77. The van der Waals surface area contributed by atoms with Crippen LogP contribution in [0, 0.1) is 13.8 Å². The van der Waals surface area contributed by atoms with Crippen molar-refractivity contribution >= 4 is 22.8 Å². The van der Waals surface area contributed by atoms with Gasteiger partial charge in [0, 0.05) is 54.7 Å². The highest BCUT2D eigenvalue weighted by molar-refractivity contribution is 6.04. The Hall–Kier alpha value is -4.46. The third-order valence-corrected chi connectivity index (χ3v) is 7.03. The molecule has 1 aliphatic heterocycles. The van der Waals surface area contributed by atoms with Gasteiger partial charge in [0.05, 0.1) is 28.1 Å². The van der Waals surface area contributed by atoms with Crippen molar-refractivity contribution in [1.82, 2.24) is 9.78 Å². The number of aliphatic hydroxyl groups excluding tert-OH is 2. The Kier molecular flexibility index (Phi) is 6.48. The standard InChI is InChI=1S/C30H32N4O4/c1-5-6-12-33(4)20-14-22(35)26(23(36)15-20)27-29(37)25(30(27)38)21-16-24(34-18(3)13-17(2)32-34)31-28(21)19-10-8-7-9-11-19/h7-11,13-15,35-38H,5-6,12,16H2,1-4H3. The Morgan fingerprint density at radius 3 is 2.16 bits per heavy atom. The van der Waals surface area contributed by atoms with E-state index in [1.165, 1.54) is 12.1 Å². The van der Waals surface area contributed by atoms with Gasteiger partial charge in [0.15, 0.2) is 0 Å². The van der Waals surface area contributed by atoms with Crippen LogP contribution in [0.2, 0.25) is 0 Å². The molecule has 0 saturated carbocycles. The molecule has 38 heavy (non-hydrogen) atoms. The number of allylic oxidation sites excluding steroid dienone is 2. The fourth-order valence-electron chi connectivity index (χ4n) is 5.06. The summed E-state index contributed by atoms with van der Waals surface area (Å²) in [4.78, 5) is 6.80. The number of aromatic hydroxyl groups is 2. The van der Waals surface area contributed by atoms with Crippen LogP contribution in [-0.2, 0) is 0 Å². The van der Waals surface area contributed by atoms with Crippen molar-refractivity contribution in [1.29, 1.82) is 0 Å². The molecule has 1 aromatic heterocycles. The highest BCUT2D eigenvalue weighted by Gasteiger charge is 2.39. The first-order valence-electron chi connectivity index (χ1n) is 12.8. The third kappa shape index (κ3) is 4.22. The first-order valence-corrected chi connectivity index (χ1v) is 12.8. The van der Waals surface area contributed by atoms with Crippen LogP contribution in [-0.4, -0.2) is 49.6 Å². The average Bonchev–Trinajstić information content (AvgIpc) is 3.47. The average molecular weight is 513 g/mol. The number of benzene rings is 2. The summed E-state index contributed by atoms with van der Waals surface area (Å²) in [6.07, 6.45) is 2.33. The SMILES string of the molecule is CCCCN(C)c1cc(O)c(C2=C(O)C(C3=C(c4ccccc4)N=C(n4nc(C)cc4C)C3)=C2O)c(O)c1. The van der Waals surface area contributed by atoms with Crippen LogP contribution in [0.3, 0.4) is 0 Å². The third-order valence-electron chi connectivity index (χ3n) is 7.03. The number of nitrogens with zero attached hydrogens (tertiary/aromatic N) is 4. The van der Waals surface area contributed by atoms with Crippen molar-refractivity contribution < 1.29 is 20.4 Å². The second-order valence-electron chi connectivity index (χ2n) is 9.82. The first-order chi connectivity index (χ1) is 18.2. The van der Waals surface area contributed by atoms with Gasteiger partial charge >= 0.3 is 0 Å². The summed E-state index contributed by atoms with van der Waals surface area (Å²) >= 11 is 0. The number of rotatable bonds is 7. The quantitative estimate of drug-likeness (QED) is 0.309. The maximum atomic E-state index is 11.2. The second kappa shape index (κ2) is 9.78. The molecule has 0 amide bonds. The summed E-state index contributed by atoms with van der Waals surface area (Å²) in [5.74, 6) is -0.171. The zero-order chi connectivity index (χ0) is 27.1. The van der Waals surface area contributed by atoms with Gasteiger partial charge in [0.2, 0.25) is 0 Å². The number of phenolic OH excluding ortho intramolecular Hbond substituents is 2. The van der Waals surface area contributed by atoms with Gasteiger partial charge in [-0.1, -0.05) is 43.7 Å². The molecule has 0 unspecified atom stereocenters. The summed E-state index contributed by atoms with van der Waals surface area (Å²) in [6.45, 7) is 6.73. The number of hydrogen-bond acceptors (Lipinski definition) is 7. The molecule has 196 valence electrons. The van der Waals surface area contributed by atoms with E-state index < -0.39 is 0 Å². The number of unbranched alkanes of at least 4 members (excludes halogenated alkanes) is 1. The topological polar surface area (TPSA) is 114 Å². The van der Waals surface area contributed by atoms with Crippen LogP contribution in [0.4, 0.5) is 5.69 Å². The van der Waals surface area contributed by atoms with Crippen LogP contribution < -0.4 is 4.90 Å². The van der Waals surface area contributed by atoms with E-state index in [-0.39, 0.29) is 39.7 Å². The fourth-order valence-corrected chi connectivity index (χ4v) is 5.06. The molecule has 4 N–H and O–H groups in total. The van der Waals surface area contributed by atoms with Crippen LogP contribution >= 0.6 is 0 Å². The van der Waals surface area contributed by atoms with Gasteiger partial charge in [-0.25, -0.2) is 9.67 Å². The van der Waals surface area contributed by atoms with Crippen molar-refractivity contribution in [2.45, 2.75) is 40.0 Å². The summed E-state index contributed by atoms with van der Waals surface area (Å²) in [5.41, 5.74) is 4.81. The molecule has 8 heteroatoms. The highest BCUT2D eigenvalue weighted by atomic mass is 16.3. The minimum Gasteiger partial charge on any atom is -0.507 e. The van der Waals surface area contributed by atoms with Crippen molar-refractivity contribution in [3.8, 4) is 11.5 Å². The van der Waals surface area contributed by atoms with E-state index in [2.05, 4.69) is 12.0 Å². The number of hydrogen-bond donors (Lipinski definition) is 4. The Morgan fingerprint density at radius 2 is 1.58 bits per heavy atom. The Bertz CT molecular complexity index is 1520. The molecule has 5 rings (SSSR count). The normalized spacial score (nSPS) is 15.3. The molecule has 0 bridgehead atoms. The van der Waals surface area contributed by atoms with Crippen LogP contribution in [0.25, 0.3) is 11.3 Å². The van der Waals surface area contributed by atoms with Gasteiger partial charge in [-0.2, -0.15) is 5.10 Å². The molecular weight excluding hydrogens is 480 g/mol.